The molecule has 0 saturated carbocycles. The van der Waals surface area contributed by atoms with Gasteiger partial charge in [-0.15, -0.1) is 0 Å². The van der Waals surface area contributed by atoms with Crippen LogP contribution in [0.3, 0.4) is 0 Å². The van der Waals surface area contributed by atoms with E-state index in [-0.39, 0.29) is 54.5 Å². The fourth-order valence-corrected chi connectivity index (χ4v) is 7.38. The summed E-state index contributed by atoms with van der Waals surface area (Å²) in [4.78, 5) is 62.3. The van der Waals surface area contributed by atoms with Crippen LogP contribution < -0.4 is 5.32 Å². The van der Waals surface area contributed by atoms with E-state index in [4.69, 9.17) is 23.7 Å². The van der Waals surface area contributed by atoms with Gasteiger partial charge in [-0.3, -0.25) is 9.59 Å². The lowest BCUT2D eigenvalue weighted by Gasteiger charge is -2.21. The minimum atomic E-state index is -1.59. The normalized spacial score (nSPS) is 27.4. The summed E-state index contributed by atoms with van der Waals surface area (Å²) in [6.07, 6.45) is 9.71. The molecule has 0 aromatic heterocycles. The van der Waals surface area contributed by atoms with Crippen LogP contribution in [0.25, 0.3) is 12.2 Å². The van der Waals surface area contributed by atoms with Crippen molar-refractivity contribution < 1.29 is 68.1 Å². The van der Waals surface area contributed by atoms with Crippen LogP contribution >= 0.6 is 0 Å². The van der Waals surface area contributed by atoms with Crippen LogP contribution in [-0.4, -0.2) is 113 Å². The van der Waals surface area contributed by atoms with Gasteiger partial charge in [0.2, 0.25) is 0 Å². The molecule has 0 radical (unpaired) electrons. The summed E-state index contributed by atoms with van der Waals surface area (Å²) in [5.41, 5.74) is 4.18. The molecule has 15 nitrogen and oxygen atoms in total. The van der Waals surface area contributed by atoms with Gasteiger partial charge in [-0.25, -0.2) is 14.4 Å². The molecule has 3 aliphatic heterocycles. The number of nitrogens with one attached hydrogen (secondary N) is 1. The number of aliphatic hydroxyl groups excluding tert-OH is 3. The first-order valence-electron chi connectivity index (χ1n) is 22.1. The molecule has 1 fully saturated rings. The first-order chi connectivity index (χ1) is 30.8. The summed E-state index contributed by atoms with van der Waals surface area (Å²) in [5, 5.41) is 42.4. The van der Waals surface area contributed by atoms with Crippen LogP contribution in [-0.2, 0) is 46.1 Å². The minimum Gasteiger partial charge on any atom is -0.507 e. The van der Waals surface area contributed by atoms with Crippen LogP contribution in [0.5, 0.6) is 5.75 Å². The van der Waals surface area contributed by atoms with Gasteiger partial charge in [0.25, 0.3) is 0 Å². The Labute approximate surface area is 381 Å². The fourth-order valence-electron chi connectivity index (χ4n) is 7.38. The number of benzene rings is 2. The van der Waals surface area contributed by atoms with E-state index in [9.17, 15) is 44.4 Å². The third kappa shape index (κ3) is 14.5. The number of rotatable bonds is 7. The quantitative estimate of drug-likeness (QED) is 0.117. The number of esters is 2. The van der Waals surface area contributed by atoms with Gasteiger partial charge in [-0.05, 0) is 119 Å². The smallest absolute Gasteiger partial charge is 0.406 e. The van der Waals surface area contributed by atoms with E-state index in [1.54, 1.807) is 45.9 Å². The second-order valence-corrected chi connectivity index (χ2v) is 17.0. The molecule has 0 spiro atoms. The van der Waals surface area contributed by atoms with Crippen molar-refractivity contribution in [1.82, 2.24) is 5.32 Å². The van der Waals surface area contributed by atoms with Gasteiger partial charge in [0.15, 0.2) is 17.4 Å². The topological polar surface area (TPSA) is 224 Å². The number of aryl methyl sites for hydroxylation is 3. The third-order valence-electron chi connectivity index (χ3n) is 11.5. The number of hydrogen-bond donors (Lipinski definition) is 5. The van der Waals surface area contributed by atoms with Crippen LogP contribution in [0, 0.1) is 18.8 Å². The number of alkyl carbamates (subject to hydrolysis) is 1. The highest BCUT2D eigenvalue weighted by atomic mass is 16.8. The Balaban J connectivity index is 0.000000285. The van der Waals surface area contributed by atoms with Crippen molar-refractivity contribution in [2.24, 2.45) is 11.8 Å². The van der Waals surface area contributed by atoms with E-state index in [2.05, 4.69) is 5.32 Å². The Bertz CT molecular complexity index is 2140. The second kappa shape index (κ2) is 24.2. The van der Waals surface area contributed by atoms with Gasteiger partial charge in [0, 0.05) is 25.5 Å². The lowest BCUT2D eigenvalue weighted by molar-refractivity contribution is -0.152. The summed E-state index contributed by atoms with van der Waals surface area (Å²) in [5.74, 6) is -3.55. The molecule has 3 aliphatic rings. The molecule has 8 atom stereocenters. The number of ketones is 2. The summed E-state index contributed by atoms with van der Waals surface area (Å²) >= 11 is 0. The molecule has 15 heteroatoms. The number of amides is 1. The molecule has 5 N–H and O–H groups in total. The molecule has 1 amide bonds. The van der Waals surface area contributed by atoms with Crippen LogP contribution in [0.15, 0.2) is 60.7 Å². The second-order valence-electron chi connectivity index (χ2n) is 17.0. The summed E-state index contributed by atoms with van der Waals surface area (Å²) in [7, 11) is 1.46. The van der Waals surface area contributed by atoms with Crippen LogP contribution in [0.2, 0.25) is 0 Å². The van der Waals surface area contributed by atoms with Crippen molar-refractivity contribution in [2.75, 3.05) is 20.3 Å². The molecular formula is C50H65NO14. The lowest BCUT2D eigenvalue weighted by atomic mass is 9.92. The largest absolute Gasteiger partial charge is 0.507 e. The molecule has 354 valence electrons. The number of ether oxygens (including phenoxy) is 5. The van der Waals surface area contributed by atoms with E-state index in [0.29, 0.717) is 48.8 Å². The lowest BCUT2D eigenvalue weighted by Crippen LogP contribution is -2.32. The summed E-state index contributed by atoms with van der Waals surface area (Å²) < 4.78 is 28.2. The molecule has 3 heterocycles. The monoisotopic (exact) mass is 903 g/mol. The maximum absolute atomic E-state index is 13.2. The fraction of sp³-hybridized carbons (Fsp3) is 0.500. The highest BCUT2D eigenvalue weighted by Gasteiger charge is 2.43. The average Bonchev–Trinajstić information content (AvgIpc) is 3.58. The highest BCUT2D eigenvalue weighted by Crippen LogP contribution is 2.33. The number of carbonyl (C=O) groups is 5. The molecule has 2 aromatic rings. The zero-order chi connectivity index (χ0) is 48.0. The standard InChI is InChI=1S/C26H34O6.C24H31NO8/c1-16-12-14-21(28)24-22(31-26(4,5)32-24)10-6-9-20-19(8-7-15-27)13-11-17(2)23(20)25(29)30-18(16)3;1-14-9-11-20(28)22(29)19(27)8-4-7-17-16(6-5-13-32-24(31)25-3)10-12-18(26)21(17)23(30)33-15(14)2/h6,9,11-14,16,18,22,24,27H,7-8,10,15H2,1-5H3;4,7,9-12,14-15,19,22,26-27,29H,5-6,8,13H2,1-3H3,(H,25,31)/b9-6?,14-12-;7-4+,11-9-/t16-,18+,22+,24-;14-,15+,19+,22+/m11/s1. The van der Waals surface area contributed by atoms with Gasteiger partial charge in [0.05, 0.1) is 24.4 Å². The SMILES string of the molecule is CNC(=O)OCCCc1ccc(O)c2c1/C=C/C[C@H](O)[C@H](O)C(=O)/C=C\[C@@H](C)[C@H](C)OC2=O.Cc1ccc(CCCO)c2c1C(=O)O[C@@H](C)[C@H](C)/C=C\C(=O)[C@H]1OC(C)(C)O[C@H]1CC=C2. The number of fused-ring (bicyclic) bond motifs is 3. The van der Waals surface area contributed by atoms with E-state index < -0.39 is 60.3 Å². The Morgan fingerprint density at radius 1 is 0.769 bits per heavy atom. The van der Waals surface area contributed by atoms with Crippen molar-refractivity contribution in [1.29, 1.82) is 0 Å². The average molecular weight is 904 g/mol. The molecule has 2 aromatic carbocycles. The van der Waals surface area contributed by atoms with Crippen LogP contribution in [0.4, 0.5) is 4.79 Å². The van der Waals surface area contributed by atoms with Crippen LogP contribution in [0.1, 0.15) is 116 Å². The number of phenols is 1. The van der Waals surface area contributed by atoms with E-state index in [1.165, 1.54) is 37.4 Å². The van der Waals surface area contributed by atoms with E-state index in [1.807, 2.05) is 45.1 Å². The summed E-state index contributed by atoms with van der Waals surface area (Å²) in [6, 6.07) is 6.96. The van der Waals surface area contributed by atoms with Gasteiger partial charge in [-0.1, -0.05) is 68.5 Å². The predicted octanol–water partition coefficient (Wildman–Crippen LogP) is 6.29. The minimum absolute atomic E-state index is 0.0258. The van der Waals surface area contributed by atoms with Crippen molar-refractivity contribution in [3.8, 4) is 5.75 Å². The molecule has 0 bridgehead atoms. The van der Waals surface area contributed by atoms with E-state index >= 15 is 0 Å². The Kier molecular flexibility index (Phi) is 19.4. The number of cyclic esters (lactones) is 2. The Morgan fingerprint density at radius 3 is 1.94 bits per heavy atom. The number of carbonyl (C=O) groups excluding carboxylic acids is 5. The predicted molar refractivity (Wildman–Crippen MR) is 243 cm³/mol. The molecule has 1 saturated heterocycles. The molecule has 0 aliphatic carbocycles. The number of aliphatic hydroxyl groups is 3. The number of phenolic OH excluding ortho intramolecular Hbond substituents is 1. The van der Waals surface area contributed by atoms with E-state index in [0.717, 1.165) is 16.7 Å². The third-order valence-corrected chi connectivity index (χ3v) is 11.5. The zero-order valence-corrected chi connectivity index (χ0v) is 38.6. The summed E-state index contributed by atoms with van der Waals surface area (Å²) in [6.45, 7) is 12.8. The van der Waals surface area contributed by atoms with Gasteiger partial charge >= 0.3 is 18.0 Å². The first kappa shape index (κ1) is 52.2. The van der Waals surface area contributed by atoms with Gasteiger partial charge < -0.3 is 49.4 Å². The van der Waals surface area contributed by atoms with Gasteiger partial charge in [-0.2, -0.15) is 0 Å². The highest BCUT2D eigenvalue weighted by molar-refractivity contribution is 5.98. The number of hydrogen-bond acceptors (Lipinski definition) is 14. The molecule has 65 heavy (non-hydrogen) atoms. The Morgan fingerprint density at radius 2 is 1.32 bits per heavy atom. The van der Waals surface area contributed by atoms with Crippen molar-refractivity contribution in [2.45, 2.75) is 129 Å². The first-order valence-corrected chi connectivity index (χ1v) is 22.1. The van der Waals surface area contributed by atoms with Gasteiger partial charge in [0.1, 0.15) is 35.7 Å². The molecular weight excluding hydrogens is 839 g/mol. The van der Waals surface area contributed by atoms with Crippen molar-refractivity contribution in [3.05, 3.63) is 99.7 Å². The Hall–Kier alpha value is -5.45. The number of aromatic hydroxyl groups is 1. The van der Waals surface area contributed by atoms with Crippen molar-refractivity contribution >= 4 is 41.8 Å². The van der Waals surface area contributed by atoms with Crippen molar-refractivity contribution in [3.63, 3.8) is 0 Å². The maximum atomic E-state index is 13.2. The molecule has 0 unspecified atom stereocenters. The maximum Gasteiger partial charge on any atom is 0.406 e. The zero-order valence-electron chi connectivity index (χ0n) is 38.6. The molecule has 5 rings (SSSR count).